The minimum Gasteiger partial charge on any atom is -0.369 e. The van der Waals surface area contributed by atoms with Crippen LogP contribution in [0.2, 0.25) is 0 Å². The Balaban J connectivity index is 2.08. The van der Waals surface area contributed by atoms with Crippen LogP contribution in [0, 0.1) is 5.92 Å². The quantitative estimate of drug-likeness (QED) is 0.691. The number of nitrogens with one attached hydrogen (secondary N) is 1. The maximum Gasteiger partial charge on any atom is 0.0986 e. The third-order valence-electron chi connectivity index (χ3n) is 2.70. The Morgan fingerprint density at radius 2 is 2.08 bits per heavy atom. The maximum absolute atomic E-state index is 5.11. The molecule has 0 unspecified atom stereocenters. The van der Waals surface area contributed by atoms with Crippen LogP contribution in [0.3, 0.4) is 0 Å². The van der Waals surface area contributed by atoms with Gasteiger partial charge in [-0.3, -0.25) is 4.90 Å². The van der Waals surface area contributed by atoms with Gasteiger partial charge in [0, 0.05) is 20.2 Å². The van der Waals surface area contributed by atoms with E-state index in [9.17, 15) is 0 Å². The monoisotopic (exact) mass is 186 g/mol. The highest BCUT2D eigenvalue weighted by atomic mass is 16.5. The highest BCUT2D eigenvalue weighted by Gasteiger charge is 2.17. The molecule has 0 atom stereocenters. The van der Waals surface area contributed by atoms with Crippen LogP contribution in [0.5, 0.6) is 0 Å². The first-order valence-corrected chi connectivity index (χ1v) is 5.28. The molecular formula is C10H22N2O. The van der Waals surface area contributed by atoms with Crippen LogP contribution >= 0.6 is 0 Å². The molecule has 1 fully saturated rings. The van der Waals surface area contributed by atoms with Gasteiger partial charge in [0.15, 0.2) is 0 Å². The summed E-state index contributed by atoms with van der Waals surface area (Å²) >= 11 is 0. The summed E-state index contributed by atoms with van der Waals surface area (Å²) in [4.78, 5) is 2.38. The molecule has 13 heavy (non-hydrogen) atoms. The van der Waals surface area contributed by atoms with Crippen molar-refractivity contribution in [2.24, 2.45) is 5.92 Å². The van der Waals surface area contributed by atoms with Crippen molar-refractivity contribution >= 4 is 0 Å². The third-order valence-corrected chi connectivity index (χ3v) is 2.70. The van der Waals surface area contributed by atoms with Crippen LogP contribution in [-0.4, -0.2) is 44.9 Å². The van der Waals surface area contributed by atoms with Gasteiger partial charge in [0.2, 0.25) is 0 Å². The topological polar surface area (TPSA) is 24.5 Å². The van der Waals surface area contributed by atoms with Crippen LogP contribution in [0.4, 0.5) is 0 Å². The van der Waals surface area contributed by atoms with E-state index in [0.29, 0.717) is 0 Å². The van der Waals surface area contributed by atoms with Gasteiger partial charge >= 0.3 is 0 Å². The number of hydrogen-bond acceptors (Lipinski definition) is 3. The van der Waals surface area contributed by atoms with Crippen molar-refractivity contribution in [2.75, 3.05) is 40.0 Å². The molecule has 1 aliphatic rings. The lowest BCUT2D eigenvalue weighted by Gasteiger charge is -2.31. The van der Waals surface area contributed by atoms with Gasteiger partial charge in [0.05, 0.1) is 6.73 Å². The van der Waals surface area contributed by atoms with Gasteiger partial charge < -0.3 is 10.1 Å². The molecule has 0 aromatic heterocycles. The highest BCUT2D eigenvalue weighted by Crippen LogP contribution is 2.15. The molecule has 0 aromatic carbocycles. The van der Waals surface area contributed by atoms with E-state index < -0.39 is 0 Å². The fourth-order valence-electron chi connectivity index (χ4n) is 1.85. The van der Waals surface area contributed by atoms with Crippen molar-refractivity contribution in [2.45, 2.75) is 19.8 Å². The highest BCUT2D eigenvalue weighted by molar-refractivity contribution is 4.72. The van der Waals surface area contributed by atoms with Crippen LogP contribution in [0.1, 0.15) is 19.8 Å². The lowest BCUT2D eigenvalue weighted by molar-refractivity contribution is 0.0395. The smallest absolute Gasteiger partial charge is 0.0986 e. The predicted octanol–water partition coefficient (Wildman–Crippen LogP) is 0.912. The van der Waals surface area contributed by atoms with Crippen LogP contribution in [0.25, 0.3) is 0 Å². The van der Waals surface area contributed by atoms with Crippen LogP contribution < -0.4 is 5.32 Å². The second kappa shape index (κ2) is 6.35. The van der Waals surface area contributed by atoms with Crippen molar-refractivity contribution in [1.29, 1.82) is 0 Å². The van der Waals surface area contributed by atoms with Gasteiger partial charge in [-0.25, -0.2) is 0 Å². The third kappa shape index (κ3) is 4.07. The molecule has 0 aromatic rings. The molecule has 1 aliphatic heterocycles. The van der Waals surface area contributed by atoms with Gasteiger partial charge in [-0.2, -0.15) is 0 Å². The van der Waals surface area contributed by atoms with Gasteiger partial charge in [0.25, 0.3) is 0 Å². The lowest BCUT2D eigenvalue weighted by Crippen LogP contribution is -2.38. The van der Waals surface area contributed by atoms with E-state index in [1.54, 1.807) is 7.11 Å². The molecular weight excluding hydrogens is 164 g/mol. The Labute approximate surface area is 81.4 Å². The second-order valence-electron chi connectivity index (χ2n) is 3.79. The van der Waals surface area contributed by atoms with E-state index in [-0.39, 0.29) is 0 Å². The Morgan fingerprint density at radius 1 is 1.38 bits per heavy atom. The van der Waals surface area contributed by atoms with Gasteiger partial charge in [0.1, 0.15) is 0 Å². The largest absolute Gasteiger partial charge is 0.369 e. The van der Waals surface area contributed by atoms with E-state index in [0.717, 1.165) is 19.2 Å². The van der Waals surface area contributed by atoms with Gasteiger partial charge in [-0.15, -0.1) is 0 Å². The minimum absolute atomic E-state index is 0.800. The zero-order chi connectivity index (χ0) is 9.52. The molecule has 0 radical (unpaired) electrons. The summed E-state index contributed by atoms with van der Waals surface area (Å²) in [6.45, 7) is 7.65. The van der Waals surface area contributed by atoms with Crippen molar-refractivity contribution < 1.29 is 4.74 Å². The molecule has 1 N–H and O–H groups in total. The number of likely N-dealkylation sites (tertiary alicyclic amines) is 1. The Kier molecular flexibility index (Phi) is 5.35. The Hall–Kier alpha value is -0.120. The van der Waals surface area contributed by atoms with Crippen molar-refractivity contribution in [1.82, 2.24) is 10.2 Å². The molecule has 1 heterocycles. The maximum atomic E-state index is 5.11. The fraction of sp³-hybridized carbons (Fsp3) is 1.00. The summed E-state index contributed by atoms with van der Waals surface area (Å²) in [6, 6.07) is 0. The van der Waals surface area contributed by atoms with Crippen LogP contribution in [-0.2, 0) is 4.74 Å². The normalized spacial score (nSPS) is 20.8. The summed E-state index contributed by atoms with van der Waals surface area (Å²) in [5.41, 5.74) is 0. The molecule has 0 aliphatic carbocycles. The molecule has 1 saturated heterocycles. The number of rotatable bonds is 5. The summed E-state index contributed by atoms with van der Waals surface area (Å²) < 4.78 is 5.11. The molecule has 3 heteroatoms. The Bertz CT molecular complexity index is 122. The Morgan fingerprint density at radius 3 is 2.62 bits per heavy atom. The van der Waals surface area contributed by atoms with E-state index in [4.69, 9.17) is 4.74 Å². The number of nitrogens with zero attached hydrogens (tertiary/aromatic N) is 1. The SMILES string of the molecule is CCNCC1CCN(COC)CC1. The zero-order valence-corrected chi connectivity index (χ0v) is 8.88. The molecule has 0 spiro atoms. The summed E-state index contributed by atoms with van der Waals surface area (Å²) in [5.74, 6) is 0.882. The van der Waals surface area contributed by atoms with Crippen LogP contribution in [0.15, 0.2) is 0 Å². The molecule has 0 bridgehead atoms. The first-order valence-electron chi connectivity index (χ1n) is 5.28. The summed E-state index contributed by atoms with van der Waals surface area (Å²) in [7, 11) is 1.77. The number of piperidine rings is 1. The second-order valence-corrected chi connectivity index (χ2v) is 3.79. The molecule has 1 rings (SSSR count). The standard InChI is InChI=1S/C10H22N2O/c1-3-11-8-10-4-6-12(7-5-10)9-13-2/h10-11H,3-9H2,1-2H3. The van der Waals surface area contributed by atoms with Gasteiger partial charge in [-0.1, -0.05) is 6.92 Å². The van der Waals surface area contributed by atoms with Gasteiger partial charge in [-0.05, 0) is 31.8 Å². The van der Waals surface area contributed by atoms with Crippen molar-refractivity contribution in [3.05, 3.63) is 0 Å². The van der Waals surface area contributed by atoms with Crippen molar-refractivity contribution in [3.63, 3.8) is 0 Å². The van der Waals surface area contributed by atoms with Crippen molar-refractivity contribution in [3.8, 4) is 0 Å². The van der Waals surface area contributed by atoms with E-state index in [1.807, 2.05) is 0 Å². The molecule has 0 amide bonds. The van der Waals surface area contributed by atoms with E-state index in [1.165, 1.54) is 32.5 Å². The molecule has 3 nitrogen and oxygen atoms in total. The first-order chi connectivity index (χ1) is 6.36. The predicted molar refractivity (Wildman–Crippen MR) is 54.7 cm³/mol. The minimum atomic E-state index is 0.800. The number of hydrogen-bond donors (Lipinski definition) is 1. The lowest BCUT2D eigenvalue weighted by atomic mass is 9.97. The molecule has 78 valence electrons. The number of ether oxygens (including phenoxy) is 1. The average molecular weight is 186 g/mol. The number of methoxy groups -OCH3 is 1. The first kappa shape index (κ1) is 11.0. The summed E-state index contributed by atoms with van der Waals surface area (Å²) in [6.07, 6.45) is 2.63. The van der Waals surface area contributed by atoms with E-state index in [2.05, 4.69) is 17.1 Å². The summed E-state index contributed by atoms with van der Waals surface area (Å²) in [5, 5.41) is 3.42. The fourth-order valence-corrected chi connectivity index (χ4v) is 1.85. The average Bonchev–Trinajstić information content (AvgIpc) is 2.17. The zero-order valence-electron chi connectivity index (χ0n) is 8.88. The van der Waals surface area contributed by atoms with E-state index >= 15 is 0 Å². The molecule has 0 saturated carbocycles.